The smallest absolute Gasteiger partial charge is 0.228 e. The summed E-state index contributed by atoms with van der Waals surface area (Å²) < 4.78 is 0. The van der Waals surface area contributed by atoms with E-state index in [2.05, 4.69) is 4.90 Å². The van der Waals surface area contributed by atoms with Gasteiger partial charge in [-0.15, -0.1) is 0 Å². The van der Waals surface area contributed by atoms with Gasteiger partial charge in [-0.3, -0.25) is 9.69 Å². The number of piperidine rings is 2. The Morgan fingerprint density at radius 1 is 1.27 bits per heavy atom. The Morgan fingerprint density at radius 3 is 2.91 bits per heavy atom. The van der Waals surface area contributed by atoms with Crippen LogP contribution in [-0.2, 0) is 4.79 Å². The second kappa shape index (κ2) is 1.78. The Balaban J connectivity index is 1.96. The van der Waals surface area contributed by atoms with Crippen LogP contribution < -0.4 is 0 Å². The third-order valence-electron chi connectivity index (χ3n) is 3.12. The summed E-state index contributed by atoms with van der Waals surface area (Å²) in [5, 5.41) is 0. The molecule has 3 nitrogen and oxygen atoms in total. The highest BCUT2D eigenvalue weighted by Gasteiger charge is 2.44. The van der Waals surface area contributed by atoms with Gasteiger partial charge in [0.2, 0.25) is 5.91 Å². The second-order valence-corrected chi connectivity index (χ2v) is 4.04. The molecule has 4 fully saturated rings. The Bertz CT molecular complexity index is 184. The Labute approximate surface area is 66.0 Å². The minimum atomic E-state index is 0.358. The predicted octanol–water partition coefficient (Wildman–Crippen LogP) is -0.262. The SMILES string of the molecule is O=C1C2CC3CN(C2)CN1C3. The molecule has 0 aromatic rings. The number of amides is 1. The zero-order valence-electron chi connectivity index (χ0n) is 6.49. The van der Waals surface area contributed by atoms with Crippen molar-refractivity contribution in [1.29, 1.82) is 0 Å². The number of carbonyl (C=O) groups is 1. The van der Waals surface area contributed by atoms with Gasteiger partial charge in [-0.05, 0) is 12.3 Å². The van der Waals surface area contributed by atoms with Gasteiger partial charge < -0.3 is 4.90 Å². The fraction of sp³-hybridized carbons (Fsp3) is 0.875. The maximum Gasteiger partial charge on any atom is 0.228 e. The van der Waals surface area contributed by atoms with E-state index in [1.54, 1.807) is 0 Å². The molecule has 1 amide bonds. The molecule has 4 aliphatic rings. The number of nitrogens with zero attached hydrogens (tertiary/aromatic N) is 2. The second-order valence-electron chi connectivity index (χ2n) is 4.04. The molecular weight excluding hydrogens is 140 g/mol. The fourth-order valence-corrected chi connectivity index (χ4v) is 2.76. The molecule has 0 radical (unpaired) electrons. The van der Waals surface area contributed by atoms with Gasteiger partial charge in [0, 0.05) is 19.6 Å². The molecule has 4 heterocycles. The maximum atomic E-state index is 11.5. The van der Waals surface area contributed by atoms with Crippen molar-refractivity contribution in [1.82, 2.24) is 9.80 Å². The van der Waals surface area contributed by atoms with Crippen LogP contribution in [0.1, 0.15) is 6.42 Å². The van der Waals surface area contributed by atoms with E-state index >= 15 is 0 Å². The van der Waals surface area contributed by atoms with Crippen LogP contribution >= 0.6 is 0 Å². The molecule has 0 spiro atoms. The van der Waals surface area contributed by atoms with Crippen LogP contribution in [0.15, 0.2) is 0 Å². The van der Waals surface area contributed by atoms with E-state index in [9.17, 15) is 4.79 Å². The van der Waals surface area contributed by atoms with E-state index < -0.39 is 0 Å². The van der Waals surface area contributed by atoms with Gasteiger partial charge in [0.15, 0.2) is 0 Å². The molecule has 0 N–H and O–H groups in total. The largest absolute Gasteiger partial charge is 0.329 e. The molecule has 0 aliphatic carbocycles. The molecule has 4 aliphatic heterocycles. The molecule has 0 saturated carbocycles. The van der Waals surface area contributed by atoms with Gasteiger partial charge >= 0.3 is 0 Å². The van der Waals surface area contributed by atoms with E-state index in [4.69, 9.17) is 0 Å². The third kappa shape index (κ3) is 0.692. The summed E-state index contributed by atoms with van der Waals surface area (Å²) >= 11 is 0. The molecule has 0 aromatic heterocycles. The lowest BCUT2D eigenvalue weighted by Gasteiger charge is -2.52. The average molecular weight is 152 g/mol. The van der Waals surface area contributed by atoms with Crippen molar-refractivity contribution in [3.05, 3.63) is 0 Å². The normalized spacial score (nSPS) is 47.1. The molecule has 60 valence electrons. The van der Waals surface area contributed by atoms with Gasteiger partial charge in [0.25, 0.3) is 0 Å². The predicted molar refractivity (Wildman–Crippen MR) is 39.8 cm³/mol. The first-order chi connectivity index (χ1) is 5.33. The summed E-state index contributed by atoms with van der Waals surface area (Å²) in [5.41, 5.74) is 0. The first kappa shape index (κ1) is 6.00. The van der Waals surface area contributed by atoms with Gasteiger partial charge in [-0.2, -0.15) is 0 Å². The third-order valence-corrected chi connectivity index (χ3v) is 3.12. The zero-order chi connectivity index (χ0) is 7.42. The van der Waals surface area contributed by atoms with E-state index in [1.807, 2.05) is 4.90 Å². The molecular formula is C8H12N2O. The summed E-state index contributed by atoms with van der Waals surface area (Å²) in [5.74, 6) is 1.56. The van der Waals surface area contributed by atoms with Crippen molar-refractivity contribution in [3.8, 4) is 0 Å². The molecule has 4 saturated heterocycles. The lowest BCUT2D eigenvalue weighted by Crippen LogP contribution is -2.64. The zero-order valence-corrected chi connectivity index (χ0v) is 6.49. The standard InChI is InChI=1S/C8H12N2O/c11-8-7-1-6-2-9(4-7)5-10(8)3-6/h6-7H,1-5H2. The topological polar surface area (TPSA) is 23.6 Å². The quantitative estimate of drug-likeness (QED) is 0.477. The van der Waals surface area contributed by atoms with Crippen molar-refractivity contribution in [2.75, 3.05) is 26.3 Å². The van der Waals surface area contributed by atoms with Crippen molar-refractivity contribution >= 4 is 5.91 Å². The van der Waals surface area contributed by atoms with Crippen molar-refractivity contribution in [3.63, 3.8) is 0 Å². The van der Waals surface area contributed by atoms with Crippen LogP contribution in [0.4, 0.5) is 0 Å². The van der Waals surface area contributed by atoms with E-state index in [-0.39, 0.29) is 0 Å². The van der Waals surface area contributed by atoms with E-state index in [0.717, 1.165) is 32.1 Å². The molecule has 4 bridgehead atoms. The average Bonchev–Trinajstić information content (AvgIpc) is 1.98. The molecule has 3 atom stereocenters. The van der Waals surface area contributed by atoms with Crippen molar-refractivity contribution < 1.29 is 4.79 Å². The van der Waals surface area contributed by atoms with Crippen molar-refractivity contribution in [2.45, 2.75) is 6.42 Å². The van der Waals surface area contributed by atoms with Gasteiger partial charge in [-0.25, -0.2) is 0 Å². The maximum absolute atomic E-state index is 11.5. The Morgan fingerprint density at radius 2 is 2.18 bits per heavy atom. The van der Waals surface area contributed by atoms with Crippen LogP contribution in [0.25, 0.3) is 0 Å². The minimum absolute atomic E-state index is 0.358. The van der Waals surface area contributed by atoms with Crippen molar-refractivity contribution in [2.24, 2.45) is 11.8 Å². The first-order valence-electron chi connectivity index (χ1n) is 4.34. The highest BCUT2D eigenvalue weighted by atomic mass is 16.2. The summed E-state index contributed by atoms with van der Waals surface area (Å²) in [6, 6.07) is 0. The molecule has 4 rings (SSSR count). The van der Waals surface area contributed by atoms with E-state index in [0.29, 0.717) is 11.8 Å². The van der Waals surface area contributed by atoms with Gasteiger partial charge in [0.05, 0.1) is 12.6 Å². The van der Waals surface area contributed by atoms with Crippen LogP contribution in [0.2, 0.25) is 0 Å². The number of hydrogen-bond acceptors (Lipinski definition) is 2. The van der Waals surface area contributed by atoms with Gasteiger partial charge in [0.1, 0.15) is 0 Å². The van der Waals surface area contributed by atoms with Crippen LogP contribution in [0, 0.1) is 11.8 Å². The highest BCUT2D eigenvalue weighted by Crippen LogP contribution is 2.33. The van der Waals surface area contributed by atoms with Crippen LogP contribution in [0.5, 0.6) is 0 Å². The number of hydrogen-bond donors (Lipinski definition) is 0. The number of rotatable bonds is 0. The Hall–Kier alpha value is -0.570. The number of carbonyl (C=O) groups excluding carboxylic acids is 1. The molecule has 11 heavy (non-hydrogen) atoms. The molecule has 3 unspecified atom stereocenters. The van der Waals surface area contributed by atoms with Crippen LogP contribution in [0.3, 0.4) is 0 Å². The Kier molecular flexibility index (Phi) is 0.969. The summed E-state index contributed by atoms with van der Waals surface area (Å²) in [6.45, 7) is 4.21. The van der Waals surface area contributed by atoms with Gasteiger partial charge in [-0.1, -0.05) is 0 Å². The summed E-state index contributed by atoms with van der Waals surface area (Å²) in [7, 11) is 0. The fourth-order valence-electron chi connectivity index (χ4n) is 2.76. The lowest BCUT2D eigenvalue weighted by atomic mass is 9.82. The van der Waals surface area contributed by atoms with Crippen LogP contribution in [-0.4, -0.2) is 42.0 Å². The lowest BCUT2D eigenvalue weighted by molar-refractivity contribution is -0.160. The monoisotopic (exact) mass is 152 g/mol. The molecule has 0 aromatic carbocycles. The highest BCUT2D eigenvalue weighted by molar-refractivity contribution is 5.80. The summed E-state index contributed by atoms with van der Waals surface area (Å²) in [4.78, 5) is 15.9. The first-order valence-corrected chi connectivity index (χ1v) is 4.34. The summed E-state index contributed by atoms with van der Waals surface area (Å²) in [6.07, 6.45) is 1.16. The minimum Gasteiger partial charge on any atom is -0.329 e. The van der Waals surface area contributed by atoms with E-state index in [1.165, 1.54) is 6.54 Å². The molecule has 3 heteroatoms.